The van der Waals surface area contributed by atoms with Crippen LogP contribution in [0.2, 0.25) is 0 Å². The van der Waals surface area contributed by atoms with Crippen molar-refractivity contribution in [2.24, 2.45) is 0 Å². The van der Waals surface area contributed by atoms with Crippen LogP contribution in [0, 0.1) is 0 Å². The first-order valence-electron chi connectivity index (χ1n) is 3.47. The van der Waals surface area contributed by atoms with Crippen LogP contribution in [-0.4, -0.2) is 0 Å². The molecule has 0 rings (SSSR count). The standard InChI is InChI=1S/C10H14/c1-3-5-7-9-10-8-6-4-2/h3-8H,1-2,9-10H2/b7-5+,8-6+. The molecule has 0 saturated heterocycles. The van der Waals surface area contributed by atoms with E-state index >= 15 is 0 Å². The highest BCUT2D eigenvalue weighted by Gasteiger charge is 1.72. The van der Waals surface area contributed by atoms with E-state index in [4.69, 9.17) is 0 Å². The third-order valence-electron chi connectivity index (χ3n) is 1.04. The zero-order valence-corrected chi connectivity index (χ0v) is 6.29. The number of unbranched alkanes of at least 4 members (excludes halogenated alkanes) is 1. The topological polar surface area (TPSA) is 0 Å². The minimum atomic E-state index is 1.08. The summed E-state index contributed by atoms with van der Waals surface area (Å²) < 4.78 is 0. The van der Waals surface area contributed by atoms with Gasteiger partial charge in [0.05, 0.1) is 0 Å². The van der Waals surface area contributed by atoms with Crippen LogP contribution in [0.3, 0.4) is 0 Å². The van der Waals surface area contributed by atoms with Crippen molar-refractivity contribution in [3.8, 4) is 0 Å². The van der Waals surface area contributed by atoms with Gasteiger partial charge in [0, 0.05) is 0 Å². The summed E-state index contributed by atoms with van der Waals surface area (Å²) in [5.41, 5.74) is 0. The second-order valence-electron chi connectivity index (χ2n) is 1.91. The second kappa shape index (κ2) is 7.96. The van der Waals surface area contributed by atoms with Gasteiger partial charge in [0.1, 0.15) is 0 Å². The fourth-order valence-corrected chi connectivity index (χ4v) is 0.577. The van der Waals surface area contributed by atoms with Crippen LogP contribution in [0.5, 0.6) is 0 Å². The molecular formula is C10H14. The van der Waals surface area contributed by atoms with E-state index in [-0.39, 0.29) is 0 Å². The van der Waals surface area contributed by atoms with Gasteiger partial charge in [0.25, 0.3) is 0 Å². The average Bonchev–Trinajstić information content (AvgIpc) is 1.97. The van der Waals surface area contributed by atoms with Gasteiger partial charge in [0.2, 0.25) is 0 Å². The smallest absolute Gasteiger partial charge is 0.0313 e. The maximum atomic E-state index is 3.57. The highest BCUT2D eigenvalue weighted by atomic mass is 13.8. The minimum Gasteiger partial charge on any atom is -0.0991 e. The number of rotatable bonds is 5. The fourth-order valence-electron chi connectivity index (χ4n) is 0.577. The van der Waals surface area contributed by atoms with E-state index in [2.05, 4.69) is 25.3 Å². The molecule has 54 valence electrons. The highest BCUT2D eigenvalue weighted by Crippen LogP contribution is 1.92. The lowest BCUT2D eigenvalue weighted by Gasteiger charge is -1.82. The van der Waals surface area contributed by atoms with E-state index in [0.717, 1.165) is 12.8 Å². The molecule has 0 radical (unpaired) electrons. The van der Waals surface area contributed by atoms with Crippen LogP contribution in [0.15, 0.2) is 49.6 Å². The van der Waals surface area contributed by atoms with Crippen LogP contribution in [0.25, 0.3) is 0 Å². The van der Waals surface area contributed by atoms with Crippen LogP contribution in [0.1, 0.15) is 12.8 Å². The number of hydrogen-bond donors (Lipinski definition) is 0. The summed E-state index contributed by atoms with van der Waals surface area (Å²) in [6.07, 6.45) is 13.9. The Morgan fingerprint density at radius 1 is 0.800 bits per heavy atom. The van der Waals surface area contributed by atoms with Crippen molar-refractivity contribution in [3.05, 3.63) is 49.6 Å². The van der Waals surface area contributed by atoms with Gasteiger partial charge < -0.3 is 0 Å². The summed E-state index contributed by atoms with van der Waals surface area (Å²) in [5.74, 6) is 0. The third kappa shape index (κ3) is 6.96. The van der Waals surface area contributed by atoms with Crippen molar-refractivity contribution < 1.29 is 0 Å². The molecule has 0 aliphatic carbocycles. The van der Waals surface area contributed by atoms with Crippen LogP contribution >= 0.6 is 0 Å². The molecule has 0 heteroatoms. The molecule has 0 nitrogen and oxygen atoms in total. The summed E-state index contributed by atoms with van der Waals surface area (Å²) >= 11 is 0. The number of hydrogen-bond acceptors (Lipinski definition) is 0. The summed E-state index contributed by atoms with van der Waals surface area (Å²) in [6, 6.07) is 0. The van der Waals surface area contributed by atoms with Crippen molar-refractivity contribution in [3.63, 3.8) is 0 Å². The highest BCUT2D eigenvalue weighted by molar-refractivity contribution is 5.00. The molecule has 0 spiro atoms. The quantitative estimate of drug-likeness (QED) is 0.400. The Morgan fingerprint density at radius 2 is 1.20 bits per heavy atom. The Balaban J connectivity index is 3.19. The molecule has 0 unspecified atom stereocenters. The van der Waals surface area contributed by atoms with Crippen molar-refractivity contribution in [2.45, 2.75) is 12.8 Å². The summed E-state index contributed by atoms with van der Waals surface area (Å²) in [5, 5.41) is 0. The third-order valence-corrected chi connectivity index (χ3v) is 1.04. The van der Waals surface area contributed by atoms with Gasteiger partial charge in [-0.2, -0.15) is 0 Å². The Kier molecular flexibility index (Phi) is 7.13. The van der Waals surface area contributed by atoms with Gasteiger partial charge in [0.15, 0.2) is 0 Å². The lowest BCUT2D eigenvalue weighted by Crippen LogP contribution is -1.61. The molecule has 0 bridgehead atoms. The second-order valence-corrected chi connectivity index (χ2v) is 1.91. The molecule has 0 aromatic carbocycles. The average molecular weight is 134 g/mol. The largest absolute Gasteiger partial charge is 0.0991 e. The first-order valence-corrected chi connectivity index (χ1v) is 3.47. The Hall–Kier alpha value is -1.04. The number of allylic oxidation sites excluding steroid dienone is 6. The fraction of sp³-hybridized carbons (Fsp3) is 0.200. The molecule has 0 aliphatic rings. The van der Waals surface area contributed by atoms with E-state index in [9.17, 15) is 0 Å². The monoisotopic (exact) mass is 134 g/mol. The first kappa shape index (κ1) is 8.96. The Morgan fingerprint density at radius 3 is 1.50 bits per heavy atom. The zero-order valence-electron chi connectivity index (χ0n) is 6.29. The molecule has 0 fully saturated rings. The molecule has 10 heavy (non-hydrogen) atoms. The predicted molar refractivity (Wildman–Crippen MR) is 47.9 cm³/mol. The van der Waals surface area contributed by atoms with Gasteiger partial charge >= 0.3 is 0 Å². The predicted octanol–water partition coefficient (Wildman–Crippen LogP) is 3.25. The van der Waals surface area contributed by atoms with E-state index in [1.165, 1.54) is 0 Å². The lowest BCUT2D eigenvalue weighted by molar-refractivity contribution is 1.05. The molecule has 0 atom stereocenters. The van der Waals surface area contributed by atoms with Crippen molar-refractivity contribution in [1.29, 1.82) is 0 Å². The van der Waals surface area contributed by atoms with Gasteiger partial charge in [-0.25, -0.2) is 0 Å². The summed E-state index contributed by atoms with van der Waals surface area (Å²) in [4.78, 5) is 0. The van der Waals surface area contributed by atoms with E-state index < -0.39 is 0 Å². The molecule has 0 amide bonds. The maximum absolute atomic E-state index is 3.57. The van der Waals surface area contributed by atoms with Gasteiger partial charge in [-0.3, -0.25) is 0 Å². The van der Waals surface area contributed by atoms with Crippen molar-refractivity contribution in [1.82, 2.24) is 0 Å². The van der Waals surface area contributed by atoms with E-state index in [1.807, 2.05) is 12.2 Å². The molecule has 0 saturated carbocycles. The molecule has 0 aromatic heterocycles. The SMILES string of the molecule is C=C/C=C/CC/C=C/C=C. The minimum absolute atomic E-state index is 1.08. The molecule has 0 N–H and O–H groups in total. The van der Waals surface area contributed by atoms with E-state index in [1.54, 1.807) is 12.2 Å². The zero-order chi connectivity index (χ0) is 7.66. The normalized spacial score (nSPS) is 10.8. The molecule has 0 aliphatic heterocycles. The molecule has 0 heterocycles. The Bertz CT molecular complexity index is 120. The Labute approximate surface area is 63.3 Å². The lowest BCUT2D eigenvalue weighted by atomic mass is 10.2. The van der Waals surface area contributed by atoms with Gasteiger partial charge in [-0.15, -0.1) is 0 Å². The van der Waals surface area contributed by atoms with Gasteiger partial charge in [-0.1, -0.05) is 49.6 Å². The molecule has 0 aromatic rings. The summed E-state index contributed by atoms with van der Waals surface area (Å²) in [6.45, 7) is 7.15. The van der Waals surface area contributed by atoms with Crippen LogP contribution in [-0.2, 0) is 0 Å². The van der Waals surface area contributed by atoms with Gasteiger partial charge in [-0.05, 0) is 12.8 Å². The van der Waals surface area contributed by atoms with Crippen molar-refractivity contribution in [2.75, 3.05) is 0 Å². The first-order chi connectivity index (χ1) is 4.91. The van der Waals surface area contributed by atoms with Crippen LogP contribution in [0.4, 0.5) is 0 Å². The van der Waals surface area contributed by atoms with E-state index in [0.29, 0.717) is 0 Å². The molecular weight excluding hydrogens is 120 g/mol. The maximum Gasteiger partial charge on any atom is -0.0313 e. The van der Waals surface area contributed by atoms with Crippen molar-refractivity contribution >= 4 is 0 Å². The van der Waals surface area contributed by atoms with Crippen LogP contribution < -0.4 is 0 Å². The summed E-state index contributed by atoms with van der Waals surface area (Å²) in [7, 11) is 0.